The number of anilines is 2. The number of hydrogen-bond acceptors (Lipinski definition) is 4. The summed E-state index contributed by atoms with van der Waals surface area (Å²) >= 11 is 5.13. The van der Waals surface area contributed by atoms with Crippen molar-refractivity contribution in [1.82, 2.24) is 9.97 Å². The number of aromatic nitrogens is 2. The van der Waals surface area contributed by atoms with Crippen LogP contribution >= 0.6 is 27.3 Å². The van der Waals surface area contributed by atoms with Crippen molar-refractivity contribution in [1.29, 1.82) is 0 Å². The Balaban J connectivity index is 1.86. The maximum absolute atomic E-state index is 4.49. The predicted molar refractivity (Wildman–Crippen MR) is 105 cm³/mol. The molecule has 1 N–H and O–H groups in total. The zero-order chi connectivity index (χ0) is 16.5. The summed E-state index contributed by atoms with van der Waals surface area (Å²) in [5.74, 6) is 0.841. The van der Waals surface area contributed by atoms with Crippen LogP contribution in [0, 0.1) is 6.92 Å². The van der Waals surface area contributed by atoms with E-state index in [1.54, 1.807) is 17.7 Å². The highest BCUT2D eigenvalue weighted by Crippen LogP contribution is 2.37. The van der Waals surface area contributed by atoms with Crippen LogP contribution in [0.1, 0.15) is 5.56 Å². The van der Waals surface area contributed by atoms with Gasteiger partial charge in [0.1, 0.15) is 17.0 Å². The van der Waals surface area contributed by atoms with Crippen LogP contribution in [0.3, 0.4) is 0 Å². The van der Waals surface area contributed by atoms with Crippen molar-refractivity contribution < 1.29 is 0 Å². The van der Waals surface area contributed by atoms with Gasteiger partial charge < -0.3 is 5.32 Å². The topological polar surface area (TPSA) is 37.8 Å². The van der Waals surface area contributed by atoms with Crippen LogP contribution in [-0.2, 0) is 0 Å². The van der Waals surface area contributed by atoms with E-state index in [2.05, 4.69) is 79.9 Å². The smallest absolute Gasteiger partial charge is 0.143 e. The molecule has 0 aliphatic carbocycles. The Morgan fingerprint density at radius 2 is 1.79 bits per heavy atom. The van der Waals surface area contributed by atoms with Gasteiger partial charge in [-0.15, -0.1) is 11.3 Å². The van der Waals surface area contributed by atoms with Gasteiger partial charge in [0.2, 0.25) is 0 Å². The minimum Gasteiger partial charge on any atom is -0.339 e. The number of fused-ring (bicyclic) bond motifs is 1. The molecule has 0 aliphatic heterocycles. The van der Waals surface area contributed by atoms with Crippen molar-refractivity contribution in [3.63, 3.8) is 0 Å². The first-order chi connectivity index (χ1) is 11.7. The summed E-state index contributed by atoms with van der Waals surface area (Å²) in [5.41, 5.74) is 4.56. The highest BCUT2D eigenvalue weighted by Gasteiger charge is 2.13. The monoisotopic (exact) mass is 395 g/mol. The fourth-order valence-electron chi connectivity index (χ4n) is 2.65. The third-order valence-electron chi connectivity index (χ3n) is 3.92. The first-order valence-corrected chi connectivity index (χ1v) is 9.20. The highest BCUT2D eigenvalue weighted by atomic mass is 79.9. The molecule has 0 aliphatic rings. The van der Waals surface area contributed by atoms with Crippen LogP contribution in [0.25, 0.3) is 21.3 Å². The van der Waals surface area contributed by atoms with E-state index in [0.29, 0.717) is 0 Å². The van der Waals surface area contributed by atoms with Crippen molar-refractivity contribution in [3.05, 3.63) is 70.3 Å². The Morgan fingerprint density at radius 3 is 2.58 bits per heavy atom. The largest absolute Gasteiger partial charge is 0.339 e. The summed E-state index contributed by atoms with van der Waals surface area (Å²) in [7, 11) is 0. The van der Waals surface area contributed by atoms with Gasteiger partial charge in [0.25, 0.3) is 0 Å². The normalized spacial score (nSPS) is 10.9. The molecule has 4 rings (SSSR count). The Labute approximate surface area is 152 Å². The third-order valence-corrected chi connectivity index (χ3v) is 5.34. The van der Waals surface area contributed by atoms with Crippen molar-refractivity contribution in [3.8, 4) is 11.1 Å². The summed E-state index contributed by atoms with van der Waals surface area (Å²) < 4.78 is 1.07. The molecule has 0 radical (unpaired) electrons. The molecule has 4 aromatic rings. The lowest BCUT2D eigenvalue weighted by Gasteiger charge is -2.10. The molecule has 0 bridgehead atoms. The number of hydrogen-bond donors (Lipinski definition) is 1. The number of nitrogens with one attached hydrogen (secondary N) is 1. The van der Waals surface area contributed by atoms with Gasteiger partial charge in [-0.05, 0) is 36.2 Å². The summed E-state index contributed by atoms with van der Waals surface area (Å²) in [4.78, 5) is 9.91. The maximum atomic E-state index is 4.49. The van der Waals surface area contributed by atoms with Gasteiger partial charge in [-0.2, -0.15) is 0 Å². The average molecular weight is 396 g/mol. The molecule has 0 spiro atoms. The second-order valence-corrected chi connectivity index (χ2v) is 7.27. The molecule has 3 nitrogen and oxygen atoms in total. The lowest BCUT2D eigenvalue weighted by molar-refractivity contribution is 1.23. The molecule has 24 heavy (non-hydrogen) atoms. The van der Waals surface area contributed by atoms with E-state index in [-0.39, 0.29) is 0 Å². The minimum atomic E-state index is 0.841. The van der Waals surface area contributed by atoms with Gasteiger partial charge in [0.05, 0.1) is 5.39 Å². The lowest BCUT2D eigenvalue weighted by atomic mass is 10.1. The lowest BCUT2D eigenvalue weighted by Crippen LogP contribution is -1.97. The number of aryl methyl sites for hydroxylation is 1. The molecule has 0 saturated carbocycles. The second kappa shape index (κ2) is 6.34. The molecule has 2 aromatic heterocycles. The van der Waals surface area contributed by atoms with Gasteiger partial charge in [0.15, 0.2) is 0 Å². The van der Waals surface area contributed by atoms with Crippen LogP contribution in [-0.4, -0.2) is 9.97 Å². The molecule has 0 saturated heterocycles. The van der Waals surface area contributed by atoms with E-state index >= 15 is 0 Å². The number of para-hydroxylation sites is 1. The van der Waals surface area contributed by atoms with Crippen LogP contribution in [0.4, 0.5) is 11.5 Å². The maximum Gasteiger partial charge on any atom is 0.143 e. The van der Waals surface area contributed by atoms with Gasteiger partial charge in [-0.25, -0.2) is 9.97 Å². The van der Waals surface area contributed by atoms with Gasteiger partial charge >= 0.3 is 0 Å². The number of thiophene rings is 1. The van der Waals surface area contributed by atoms with E-state index < -0.39 is 0 Å². The van der Waals surface area contributed by atoms with Crippen molar-refractivity contribution in [2.24, 2.45) is 0 Å². The molecular formula is C19H14BrN3S. The third kappa shape index (κ3) is 2.81. The Bertz CT molecular complexity index is 1010. The number of rotatable bonds is 3. The molecule has 2 aromatic carbocycles. The standard InChI is InChI=1S/C19H14BrN3S/c1-12-4-2-3-5-16(12)23-18-17-15(10-24-19(17)22-11-21-18)13-6-8-14(20)9-7-13/h2-11H,1H3,(H,21,22,23). The van der Waals surface area contributed by atoms with Crippen molar-refractivity contribution >= 4 is 49.0 Å². The van der Waals surface area contributed by atoms with E-state index in [9.17, 15) is 0 Å². The van der Waals surface area contributed by atoms with Gasteiger partial charge in [-0.3, -0.25) is 0 Å². The van der Waals surface area contributed by atoms with Gasteiger partial charge in [0, 0.05) is 21.1 Å². The van der Waals surface area contributed by atoms with E-state index in [4.69, 9.17) is 0 Å². The fourth-order valence-corrected chi connectivity index (χ4v) is 3.83. The second-order valence-electron chi connectivity index (χ2n) is 5.50. The van der Waals surface area contributed by atoms with Crippen molar-refractivity contribution in [2.45, 2.75) is 6.92 Å². The van der Waals surface area contributed by atoms with E-state index in [1.165, 1.54) is 5.56 Å². The first kappa shape index (κ1) is 15.3. The number of benzene rings is 2. The molecule has 0 amide bonds. The molecule has 5 heteroatoms. The Hall–Kier alpha value is -2.24. The molecular weight excluding hydrogens is 382 g/mol. The number of halogens is 1. The molecule has 2 heterocycles. The predicted octanol–water partition coefficient (Wildman–Crippen LogP) is 6.17. The molecule has 0 atom stereocenters. The van der Waals surface area contributed by atoms with Crippen LogP contribution in [0.5, 0.6) is 0 Å². The summed E-state index contributed by atoms with van der Waals surface area (Å²) in [6, 6.07) is 16.5. The van der Waals surface area contributed by atoms with Gasteiger partial charge in [-0.1, -0.05) is 46.3 Å². The zero-order valence-corrected chi connectivity index (χ0v) is 15.4. The average Bonchev–Trinajstić information content (AvgIpc) is 3.03. The summed E-state index contributed by atoms with van der Waals surface area (Å²) in [5, 5.41) is 6.68. The van der Waals surface area contributed by atoms with E-state index in [1.807, 2.05) is 12.1 Å². The Kier molecular flexibility index (Phi) is 4.04. The minimum absolute atomic E-state index is 0.841. The zero-order valence-electron chi connectivity index (χ0n) is 13.0. The molecule has 118 valence electrons. The van der Waals surface area contributed by atoms with Crippen LogP contribution in [0.15, 0.2) is 64.7 Å². The molecule has 0 unspecified atom stereocenters. The first-order valence-electron chi connectivity index (χ1n) is 7.53. The summed E-state index contributed by atoms with van der Waals surface area (Å²) in [6.45, 7) is 2.09. The van der Waals surface area contributed by atoms with Crippen LogP contribution in [0.2, 0.25) is 0 Å². The fraction of sp³-hybridized carbons (Fsp3) is 0.0526. The van der Waals surface area contributed by atoms with Crippen LogP contribution < -0.4 is 5.32 Å². The highest BCUT2D eigenvalue weighted by molar-refractivity contribution is 9.10. The molecule has 0 fully saturated rings. The van der Waals surface area contributed by atoms with Crippen molar-refractivity contribution in [2.75, 3.05) is 5.32 Å². The SMILES string of the molecule is Cc1ccccc1Nc1ncnc2scc(-c3ccc(Br)cc3)c12. The summed E-state index contributed by atoms with van der Waals surface area (Å²) in [6.07, 6.45) is 1.62. The number of nitrogens with zero attached hydrogens (tertiary/aromatic N) is 2. The quantitative estimate of drug-likeness (QED) is 0.450. The Morgan fingerprint density at radius 1 is 1.00 bits per heavy atom. The van der Waals surface area contributed by atoms with E-state index in [0.717, 1.165) is 37.3 Å².